The van der Waals surface area contributed by atoms with Crippen LogP contribution in [-0.2, 0) is 5.41 Å². The molecule has 0 fully saturated rings. The molecule has 0 spiro atoms. The van der Waals surface area contributed by atoms with Crippen LogP contribution < -0.4 is 4.90 Å². The van der Waals surface area contributed by atoms with Crippen LogP contribution in [0.2, 0.25) is 0 Å². The molecule has 1 aromatic heterocycles. The number of benzene rings is 10. The smallest absolute Gasteiger partial charge is 0.0713 e. The van der Waals surface area contributed by atoms with E-state index in [0.717, 1.165) is 22.7 Å². The lowest BCUT2D eigenvalue weighted by Crippen LogP contribution is -2.28. The fraction of sp³-hybridized carbons (Fsp3) is 0.0169. The van der Waals surface area contributed by atoms with E-state index in [1.807, 2.05) is 0 Å². The van der Waals surface area contributed by atoms with Crippen LogP contribution in [-0.4, -0.2) is 4.57 Å². The van der Waals surface area contributed by atoms with Gasteiger partial charge in [0.1, 0.15) is 0 Å². The second-order valence-electron chi connectivity index (χ2n) is 16.1. The Morgan fingerprint density at radius 1 is 0.328 bits per heavy atom. The summed E-state index contributed by atoms with van der Waals surface area (Å²) >= 11 is 0. The molecule has 1 aliphatic rings. The van der Waals surface area contributed by atoms with Gasteiger partial charge in [-0.05, 0) is 116 Å². The van der Waals surface area contributed by atoms with E-state index in [2.05, 4.69) is 252 Å². The van der Waals surface area contributed by atoms with Gasteiger partial charge in [-0.2, -0.15) is 0 Å². The molecule has 0 saturated carbocycles. The maximum atomic E-state index is 2.41. The second kappa shape index (κ2) is 14.1. The van der Waals surface area contributed by atoms with Gasteiger partial charge < -0.3 is 9.47 Å². The second-order valence-corrected chi connectivity index (χ2v) is 16.1. The Kier molecular flexibility index (Phi) is 8.11. The lowest BCUT2D eigenvalue weighted by molar-refractivity contribution is 0.768. The maximum Gasteiger partial charge on any atom is 0.0713 e. The highest BCUT2D eigenvalue weighted by Gasteiger charge is 2.45. The number of nitrogens with zero attached hydrogens (tertiary/aromatic N) is 2. The van der Waals surface area contributed by atoms with E-state index in [1.165, 1.54) is 77.1 Å². The van der Waals surface area contributed by atoms with Crippen LogP contribution in [0.4, 0.5) is 17.1 Å². The highest BCUT2D eigenvalue weighted by Crippen LogP contribution is 2.56. The van der Waals surface area contributed by atoms with Crippen molar-refractivity contribution < 1.29 is 0 Å². The van der Waals surface area contributed by atoms with Gasteiger partial charge in [-0.3, -0.25) is 0 Å². The number of aromatic nitrogens is 1. The van der Waals surface area contributed by atoms with Crippen molar-refractivity contribution >= 4 is 49.6 Å². The van der Waals surface area contributed by atoms with Crippen LogP contribution >= 0.6 is 0 Å². The molecule has 12 rings (SSSR count). The van der Waals surface area contributed by atoms with Crippen LogP contribution in [0.5, 0.6) is 0 Å². The quantitative estimate of drug-likeness (QED) is 0.156. The minimum Gasteiger partial charge on any atom is -0.310 e. The summed E-state index contributed by atoms with van der Waals surface area (Å²) in [6.45, 7) is 0. The first kappa shape index (κ1) is 35.0. The molecule has 286 valence electrons. The molecule has 1 heterocycles. The van der Waals surface area contributed by atoms with Gasteiger partial charge in [-0.25, -0.2) is 0 Å². The summed E-state index contributed by atoms with van der Waals surface area (Å²) in [6.07, 6.45) is 0. The predicted molar refractivity (Wildman–Crippen MR) is 256 cm³/mol. The highest BCUT2D eigenvalue weighted by molar-refractivity contribution is 6.10. The Hall–Kier alpha value is -7.94. The SMILES string of the molecule is c1ccc(-n2c3ccccc3c3cc(N(c4ccc(-c5cccc6ccccc56)cc4)c4ccc(C5(c6ccccc6)c6ccccc6-c6ccccc65)cc4)ccc32)cc1. The van der Waals surface area contributed by atoms with Crippen molar-refractivity contribution in [2.45, 2.75) is 5.41 Å². The van der Waals surface area contributed by atoms with Crippen molar-refractivity contribution in [2.75, 3.05) is 4.90 Å². The zero-order valence-electron chi connectivity index (χ0n) is 33.5. The molecule has 0 aliphatic heterocycles. The van der Waals surface area contributed by atoms with E-state index in [4.69, 9.17) is 0 Å². The van der Waals surface area contributed by atoms with Gasteiger partial charge in [0.05, 0.1) is 16.4 Å². The van der Waals surface area contributed by atoms with Gasteiger partial charge >= 0.3 is 0 Å². The Bertz CT molecular complexity index is 3350. The molecule has 0 N–H and O–H groups in total. The van der Waals surface area contributed by atoms with Crippen molar-refractivity contribution in [2.24, 2.45) is 0 Å². The van der Waals surface area contributed by atoms with Gasteiger partial charge in [0.15, 0.2) is 0 Å². The minimum atomic E-state index is -0.462. The molecular weight excluding hydrogens is 737 g/mol. The Morgan fingerprint density at radius 2 is 0.836 bits per heavy atom. The summed E-state index contributed by atoms with van der Waals surface area (Å²) in [4.78, 5) is 2.41. The Labute approximate surface area is 355 Å². The van der Waals surface area contributed by atoms with E-state index in [-0.39, 0.29) is 0 Å². The van der Waals surface area contributed by atoms with Gasteiger partial charge in [0.25, 0.3) is 0 Å². The number of anilines is 3. The van der Waals surface area contributed by atoms with Gasteiger partial charge in [-0.1, -0.05) is 182 Å². The third kappa shape index (κ3) is 5.43. The third-order valence-corrected chi connectivity index (χ3v) is 12.9. The lowest BCUT2D eigenvalue weighted by Gasteiger charge is -2.34. The van der Waals surface area contributed by atoms with E-state index in [1.54, 1.807) is 0 Å². The number of rotatable bonds is 7. The summed E-state index contributed by atoms with van der Waals surface area (Å²) in [6, 6.07) is 89.0. The van der Waals surface area contributed by atoms with Crippen molar-refractivity contribution in [3.63, 3.8) is 0 Å². The standard InChI is InChI=1S/C59H40N2/c1-3-18-43(19-4-1)59(55-27-12-9-23-51(55)52-24-10-13-28-56(52)59)44-32-36-47(37-33-44)60(46-34-30-42(31-35-46)50-26-15-17-41-16-7-8-22-49(41)50)48-38-39-58-54(40-48)53-25-11-14-29-57(53)61(58)45-20-5-2-6-21-45/h1-40H. The monoisotopic (exact) mass is 776 g/mol. The molecule has 1 aliphatic carbocycles. The van der Waals surface area contributed by atoms with E-state index in [9.17, 15) is 0 Å². The number of para-hydroxylation sites is 2. The molecule has 11 aromatic rings. The fourth-order valence-corrected chi connectivity index (χ4v) is 10.2. The van der Waals surface area contributed by atoms with Crippen LogP contribution in [0.25, 0.3) is 60.5 Å². The molecule has 2 nitrogen and oxygen atoms in total. The molecule has 0 atom stereocenters. The van der Waals surface area contributed by atoms with Crippen molar-refractivity contribution in [3.05, 3.63) is 265 Å². The first-order valence-electron chi connectivity index (χ1n) is 21.1. The average Bonchev–Trinajstić information content (AvgIpc) is 3.83. The summed E-state index contributed by atoms with van der Waals surface area (Å²) in [7, 11) is 0. The normalized spacial score (nSPS) is 12.7. The van der Waals surface area contributed by atoms with Crippen molar-refractivity contribution in [1.29, 1.82) is 0 Å². The largest absolute Gasteiger partial charge is 0.310 e. The summed E-state index contributed by atoms with van der Waals surface area (Å²) < 4.78 is 2.38. The average molecular weight is 777 g/mol. The number of hydrogen-bond acceptors (Lipinski definition) is 1. The fourth-order valence-electron chi connectivity index (χ4n) is 10.2. The highest BCUT2D eigenvalue weighted by atomic mass is 15.1. The topological polar surface area (TPSA) is 8.17 Å². The Balaban J connectivity index is 1.05. The molecule has 10 aromatic carbocycles. The van der Waals surface area contributed by atoms with Crippen molar-refractivity contribution in [1.82, 2.24) is 4.57 Å². The number of hydrogen-bond donors (Lipinski definition) is 0. The molecule has 0 radical (unpaired) electrons. The van der Waals surface area contributed by atoms with Crippen LogP contribution in [0, 0.1) is 0 Å². The minimum absolute atomic E-state index is 0.462. The molecule has 0 unspecified atom stereocenters. The molecule has 61 heavy (non-hydrogen) atoms. The molecule has 0 saturated heterocycles. The first-order chi connectivity index (χ1) is 30.3. The van der Waals surface area contributed by atoms with Crippen LogP contribution in [0.3, 0.4) is 0 Å². The molecule has 2 heteroatoms. The van der Waals surface area contributed by atoms with Crippen LogP contribution in [0.1, 0.15) is 22.3 Å². The zero-order chi connectivity index (χ0) is 40.3. The maximum absolute atomic E-state index is 2.41. The number of fused-ring (bicyclic) bond motifs is 7. The summed E-state index contributed by atoms with van der Waals surface area (Å²) in [5, 5.41) is 4.95. The van der Waals surface area contributed by atoms with Gasteiger partial charge in [0.2, 0.25) is 0 Å². The van der Waals surface area contributed by atoms with E-state index < -0.39 is 5.41 Å². The van der Waals surface area contributed by atoms with E-state index >= 15 is 0 Å². The predicted octanol–water partition coefficient (Wildman–Crippen LogP) is 15.4. The zero-order valence-corrected chi connectivity index (χ0v) is 33.5. The molecule has 0 bridgehead atoms. The van der Waals surface area contributed by atoms with Gasteiger partial charge in [-0.15, -0.1) is 0 Å². The lowest BCUT2D eigenvalue weighted by atomic mass is 9.68. The summed E-state index contributed by atoms with van der Waals surface area (Å²) in [5.74, 6) is 0. The summed E-state index contributed by atoms with van der Waals surface area (Å²) in [5.41, 5.74) is 16.5. The molecular formula is C59H40N2. The molecule has 0 amide bonds. The van der Waals surface area contributed by atoms with E-state index in [0.29, 0.717) is 0 Å². The van der Waals surface area contributed by atoms with Crippen LogP contribution in [0.15, 0.2) is 243 Å². The van der Waals surface area contributed by atoms with Crippen molar-refractivity contribution in [3.8, 4) is 27.9 Å². The Morgan fingerprint density at radius 3 is 1.56 bits per heavy atom. The first-order valence-corrected chi connectivity index (χ1v) is 21.1. The van der Waals surface area contributed by atoms with Gasteiger partial charge in [0, 0.05) is 33.5 Å². The third-order valence-electron chi connectivity index (χ3n) is 12.9.